The number of nitrogens with one attached hydrogen (secondary N) is 1. The van der Waals surface area contributed by atoms with Gasteiger partial charge >= 0.3 is 0 Å². The third-order valence-corrected chi connectivity index (χ3v) is 4.99. The second-order valence-electron chi connectivity index (χ2n) is 5.57. The van der Waals surface area contributed by atoms with E-state index < -0.39 is 0 Å². The zero-order chi connectivity index (χ0) is 15.8. The third kappa shape index (κ3) is 2.77. The van der Waals surface area contributed by atoms with Crippen LogP contribution in [-0.4, -0.2) is 24.0 Å². The van der Waals surface area contributed by atoms with Gasteiger partial charge in [0.25, 0.3) is 0 Å². The van der Waals surface area contributed by atoms with Gasteiger partial charge in [-0.1, -0.05) is 29.5 Å². The molecule has 1 saturated heterocycles. The van der Waals surface area contributed by atoms with Gasteiger partial charge in [-0.25, -0.2) is 9.37 Å². The molecule has 0 spiro atoms. The van der Waals surface area contributed by atoms with Gasteiger partial charge in [-0.05, 0) is 30.3 Å². The number of amides is 1. The minimum Gasteiger partial charge on any atom is -0.346 e. The van der Waals surface area contributed by atoms with Gasteiger partial charge in [-0.15, -0.1) is 0 Å². The monoisotopic (exact) mass is 327 g/mol. The minimum absolute atomic E-state index is 0.0760. The summed E-state index contributed by atoms with van der Waals surface area (Å²) in [5.74, 6) is -0.522. The van der Waals surface area contributed by atoms with E-state index in [0.29, 0.717) is 18.8 Å². The molecule has 1 fully saturated rings. The van der Waals surface area contributed by atoms with E-state index in [2.05, 4.69) is 15.2 Å². The maximum absolute atomic E-state index is 13.1. The highest BCUT2D eigenvalue weighted by Gasteiger charge is 2.34. The largest absolute Gasteiger partial charge is 0.346 e. The Morgan fingerprint density at radius 3 is 2.83 bits per heavy atom. The summed E-state index contributed by atoms with van der Waals surface area (Å²) >= 11 is 1.63. The molecule has 0 radical (unpaired) electrons. The second-order valence-corrected chi connectivity index (χ2v) is 6.57. The number of halogens is 1. The molecule has 6 heteroatoms. The van der Waals surface area contributed by atoms with Crippen LogP contribution in [0.5, 0.6) is 0 Å². The lowest BCUT2D eigenvalue weighted by Gasteiger charge is -2.37. The van der Waals surface area contributed by atoms with Crippen LogP contribution in [0.25, 0.3) is 10.2 Å². The van der Waals surface area contributed by atoms with Crippen LogP contribution < -0.4 is 10.2 Å². The maximum atomic E-state index is 13.1. The predicted octanol–water partition coefficient (Wildman–Crippen LogP) is 3.51. The Morgan fingerprint density at radius 2 is 2.04 bits per heavy atom. The SMILES string of the molecule is O=C(Nc1cccc(F)c1)C1CN(c2nc3ccccc3s2)C1. The average molecular weight is 327 g/mol. The molecule has 0 atom stereocenters. The van der Waals surface area contributed by atoms with Gasteiger partial charge in [0.05, 0.1) is 16.1 Å². The van der Waals surface area contributed by atoms with Crippen molar-refractivity contribution in [3.63, 3.8) is 0 Å². The number of fused-ring (bicyclic) bond motifs is 1. The lowest BCUT2D eigenvalue weighted by Crippen LogP contribution is -2.52. The fourth-order valence-corrected chi connectivity index (χ4v) is 3.59. The number of hydrogen-bond donors (Lipinski definition) is 1. The van der Waals surface area contributed by atoms with E-state index in [-0.39, 0.29) is 17.6 Å². The van der Waals surface area contributed by atoms with Crippen LogP contribution in [0, 0.1) is 11.7 Å². The third-order valence-electron chi connectivity index (χ3n) is 3.90. The minimum atomic E-state index is -0.354. The standard InChI is InChI=1S/C17H14FN3OS/c18-12-4-3-5-13(8-12)19-16(22)11-9-21(10-11)17-20-14-6-1-2-7-15(14)23-17/h1-8,11H,9-10H2,(H,19,22). The fourth-order valence-electron chi connectivity index (χ4n) is 2.61. The van der Waals surface area contributed by atoms with Gasteiger partial charge in [0.15, 0.2) is 5.13 Å². The van der Waals surface area contributed by atoms with Gasteiger partial charge in [0.1, 0.15) is 5.82 Å². The van der Waals surface area contributed by atoms with Gasteiger partial charge in [0.2, 0.25) is 5.91 Å². The fraction of sp³-hybridized carbons (Fsp3) is 0.176. The molecular formula is C17H14FN3OS. The van der Waals surface area contributed by atoms with E-state index >= 15 is 0 Å². The number of para-hydroxylation sites is 1. The van der Waals surface area contributed by atoms with Crippen molar-refractivity contribution in [3.8, 4) is 0 Å². The normalized spacial score (nSPS) is 14.7. The lowest BCUT2D eigenvalue weighted by atomic mass is 10.00. The molecule has 4 nitrogen and oxygen atoms in total. The highest BCUT2D eigenvalue weighted by Crippen LogP contribution is 2.33. The number of carbonyl (C=O) groups excluding carboxylic acids is 1. The Morgan fingerprint density at radius 1 is 1.22 bits per heavy atom. The molecule has 0 bridgehead atoms. The van der Waals surface area contributed by atoms with E-state index in [0.717, 1.165) is 15.3 Å². The number of aromatic nitrogens is 1. The molecule has 2 heterocycles. The predicted molar refractivity (Wildman–Crippen MR) is 90.4 cm³/mol. The molecule has 1 N–H and O–H groups in total. The Balaban J connectivity index is 1.40. The molecule has 1 aromatic heterocycles. The summed E-state index contributed by atoms with van der Waals surface area (Å²) < 4.78 is 14.3. The van der Waals surface area contributed by atoms with Crippen molar-refractivity contribution in [1.82, 2.24) is 4.98 Å². The first-order valence-electron chi connectivity index (χ1n) is 7.36. The summed E-state index contributed by atoms with van der Waals surface area (Å²) in [5.41, 5.74) is 1.48. The van der Waals surface area contributed by atoms with Crippen LogP contribution in [0.3, 0.4) is 0 Å². The summed E-state index contributed by atoms with van der Waals surface area (Å²) in [6.45, 7) is 1.28. The summed E-state index contributed by atoms with van der Waals surface area (Å²) in [7, 11) is 0. The maximum Gasteiger partial charge on any atom is 0.231 e. The van der Waals surface area contributed by atoms with Crippen LogP contribution in [0.2, 0.25) is 0 Å². The smallest absolute Gasteiger partial charge is 0.231 e. The van der Waals surface area contributed by atoms with Gasteiger partial charge in [-0.2, -0.15) is 0 Å². The van der Waals surface area contributed by atoms with Crippen molar-refractivity contribution in [2.24, 2.45) is 5.92 Å². The Hall–Kier alpha value is -2.47. The van der Waals surface area contributed by atoms with Crippen LogP contribution in [0.4, 0.5) is 15.2 Å². The van der Waals surface area contributed by atoms with Crippen molar-refractivity contribution in [3.05, 3.63) is 54.3 Å². The van der Waals surface area contributed by atoms with E-state index in [1.54, 1.807) is 23.5 Å². The van der Waals surface area contributed by atoms with Crippen molar-refractivity contribution in [2.75, 3.05) is 23.3 Å². The molecular weight excluding hydrogens is 313 g/mol. The van der Waals surface area contributed by atoms with Crippen molar-refractivity contribution in [2.45, 2.75) is 0 Å². The number of thiazole rings is 1. The van der Waals surface area contributed by atoms with E-state index in [9.17, 15) is 9.18 Å². The summed E-state index contributed by atoms with van der Waals surface area (Å²) in [6, 6.07) is 13.9. The molecule has 1 aliphatic rings. The zero-order valence-corrected chi connectivity index (χ0v) is 13.0. The summed E-state index contributed by atoms with van der Waals surface area (Å²) in [5, 5.41) is 3.71. The molecule has 23 heavy (non-hydrogen) atoms. The number of hydrogen-bond acceptors (Lipinski definition) is 4. The first-order valence-corrected chi connectivity index (χ1v) is 8.18. The summed E-state index contributed by atoms with van der Waals surface area (Å²) in [6.07, 6.45) is 0. The van der Waals surface area contributed by atoms with Gasteiger partial charge in [0, 0.05) is 18.8 Å². The molecule has 2 aromatic carbocycles. The van der Waals surface area contributed by atoms with Crippen LogP contribution >= 0.6 is 11.3 Å². The molecule has 0 unspecified atom stereocenters. The molecule has 0 saturated carbocycles. The number of benzene rings is 2. The van der Waals surface area contributed by atoms with E-state index in [1.807, 2.05) is 24.3 Å². The molecule has 4 rings (SSSR count). The number of rotatable bonds is 3. The van der Waals surface area contributed by atoms with Gasteiger partial charge in [-0.3, -0.25) is 4.79 Å². The van der Waals surface area contributed by atoms with Crippen molar-refractivity contribution < 1.29 is 9.18 Å². The first kappa shape index (κ1) is 14.1. The van der Waals surface area contributed by atoms with E-state index in [4.69, 9.17) is 0 Å². The molecule has 3 aromatic rings. The topological polar surface area (TPSA) is 45.2 Å². The quantitative estimate of drug-likeness (QED) is 0.801. The zero-order valence-electron chi connectivity index (χ0n) is 12.2. The van der Waals surface area contributed by atoms with E-state index in [1.165, 1.54) is 12.1 Å². The number of nitrogens with zero attached hydrogens (tertiary/aromatic N) is 2. The number of anilines is 2. The molecule has 116 valence electrons. The number of carbonyl (C=O) groups is 1. The van der Waals surface area contributed by atoms with Crippen LogP contribution in [0.1, 0.15) is 0 Å². The summed E-state index contributed by atoms with van der Waals surface area (Å²) in [4.78, 5) is 18.9. The van der Waals surface area contributed by atoms with Crippen LogP contribution in [-0.2, 0) is 4.79 Å². The Bertz CT molecular complexity index is 840. The van der Waals surface area contributed by atoms with Gasteiger partial charge < -0.3 is 10.2 Å². The molecule has 1 aliphatic heterocycles. The second kappa shape index (κ2) is 5.62. The average Bonchev–Trinajstić information content (AvgIpc) is 2.89. The van der Waals surface area contributed by atoms with Crippen LogP contribution in [0.15, 0.2) is 48.5 Å². The highest BCUT2D eigenvalue weighted by atomic mass is 32.1. The molecule has 1 amide bonds. The Labute approximate surface area is 136 Å². The Kier molecular flexibility index (Phi) is 3.46. The molecule has 0 aliphatic carbocycles. The first-order chi connectivity index (χ1) is 11.2. The lowest BCUT2D eigenvalue weighted by molar-refractivity contribution is -0.120. The highest BCUT2D eigenvalue weighted by molar-refractivity contribution is 7.22. The van der Waals surface area contributed by atoms with Crippen molar-refractivity contribution in [1.29, 1.82) is 0 Å². The van der Waals surface area contributed by atoms with Crippen molar-refractivity contribution >= 4 is 38.3 Å².